The first-order valence-electron chi connectivity index (χ1n) is 5.95. The highest BCUT2D eigenvalue weighted by Crippen LogP contribution is 2.30. The van der Waals surface area contributed by atoms with Crippen molar-refractivity contribution in [3.8, 4) is 11.5 Å². The lowest BCUT2D eigenvalue weighted by atomic mass is 10.1. The number of hydrogen-bond acceptors (Lipinski definition) is 3. The van der Waals surface area contributed by atoms with Gasteiger partial charge in [0.25, 0.3) is 0 Å². The van der Waals surface area contributed by atoms with Crippen LogP contribution in [0.25, 0.3) is 0 Å². The Balaban J connectivity index is 2.21. The van der Waals surface area contributed by atoms with Gasteiger partial charge >= 0.3 is 0 Å². The Morgan fingerprint density at radius 3 is 2.53 bits per heavy atom. The van der Waals surface area contributed by atoms with Crippen LogP contribution in [0.3, 0.4) is 0 Å². The molecule has 0 saturated carbocycles. The van der Waals surface area contributed by atoms with E-state index in [4.69, 9.17) is 9.84 Å². The Kier molecular flexibility index (Phi) is 4.58. The minimum Gasteiger partial charge on any atom is -0.457 e. The third kappa shape index (κ3) is 3.56. The Morgan fingerprint density at radius 1 is 1.16 bits per heavy atom. The zero-order valence-electron chi connectivity index (χ0n) is 10.5. The van der Waals surface area contributed by atoms with Gasteiger partial charge in [-0.1, -0.05) is 34.1 Å². The summed E-state index contributed by atoms with van der Waals surface area (Å²) in [5.41, 5.74) is 1.62. The minimum absolute atomic E-state index is 0.0120. The number of hydrogen-bond donors (Lipinski definition) is 2. The number of ether oxygens (including phenoxy) is 1. The van der Waals surface area contributed by atoms with Gasteiger partial charge in [0.05, 0.1) is 12.7 Å². The van der Waals surface area contributed by atoms with Crippen molar-refractivity contribution in [1.29, 1.82) is 0 Å². The molecule has 100 valence electrons. The van der Waals surface area contributed by atoms with Crippen LogP contribution >= 0.6 is 15.9 Å². The summed E-state index contributed by atoms with van der Waals surface area (Å²) in [5.74, 6) is 1.34. The summed E-state index contributed by atoms with van der Waals surface area (Å²) in [4.78, 5) is 0. The Labute approximate surface area is 120 Å². The van der Waals surface area contributed by atoms with Gasteiger partial charge in [0.15, 0.2) is 0 Å². The van der Waals surface area contributed by atoms with E-state index in [0.29, 0.717) is 11.5 Å². The molecule has 3 nitrogen and oxygen atoms in total. The van der Waals surface area contributed by atoms with Gasteiger partial charge < -0.3 is 14.9 Å². The number of benzene rings is 2. The molecule has 0 spiro atoms. The summed E-state index contributed by atoms with van der Waals surface area (Å²) in [6.45, 7) is 1.70. The molecule has 2 aromatic carbocycles. The summed E-state index contributed by atoms with van der Waals surface area (Å²) in [6, 6.07) is 12.7. The molecule has 0 heterocycles. The van der Waals surface area contributed by atoms with Gasteiger partial charge in [0, 0.05) is 4.47 Å². The fourth-order valence-electron chi connectivity index (χ4n) is 1.75. The SMILES string of the molecule is CC(O)c1ccc(Oc2cccc(CO)c2)cc1Br. The van der Waals surface area contributed by atoms with Crippen molar-refractivity contribution in [2.75, 3.05) is 0 Å². The summed E-state index contributed by atoms with van der Waals surface area (Å²) >= 11 is 3.41. The van der Waals surface area contributed by atoms with Crippen molar-refractivity contribution in [3.63, 3.8) is 0 Å². The first-order chi connectivity index (χ1) is 9.10. The second-order valence-electron chi connectivity index (χ2n) is 4.27. The smallest absolute Gasteiger partial charge is 0.128 e. The lowest BCUT2D eigenvalue weighted by Crippen LogP contribution is -1.93. The van der Waals surface area contributed by atoms with Crippen molar-refractivity contribution in [1.82, 2.24) is 0 Å². The predicted molar refractivity (Wildman–Crippen MR) is 77.2 cm³/mol. The van der Waals surface area contributed by atoms with Crippen LogP contribution in [0.1, 0.15) is 24.2 Å². The molecule has 19 heavy (non-hydrogen) atoms. The quantitative estimate of drug-likeness (QED) is 0.900. The molecular weight excluding hydrogens is 308 g/mol. The molecular formula is C15H15BrO3. The molecule has 0 aliphatic heterocycles. The second-order valence-corrected chi connectivity index (χ2v) is 5.12. The molecule has 0 bridgehead atoms. The number of aliphatic hydroxyl groups is 2. The van der Waals surface area contributed by atoms with Crippen LogP contribution in [0.4, 0.5) is 0 Å². The molecule has 0 aromatic heterocycles. The van der Waals surface area contributed by atoms with Crippen molar-refractivity contribution >= 4 is 15.9 Å². The highest BCUT2D eigenvalue weighted by atomic mass is 79.9. The van der Waals surface area contributed by atoms with Crippen LogP contribution in [0.2, 0.25) is 0 Å². The second kappa shape index (κ2) is 6.19. The Bertz CT molecular complexity index is 567. The fraction of sp³-hybridized carbons (Fsp3) is 0.200. The number of rotatable bonds is 4. The van der Waals surface area contributed by atoms with Gasteiger partial charge in [-0.05, 0) is 42.3 Å². The van der Waals surface area contributed by atoms with Crippen LogP contribution in [-0.2, 0) is 6.61 Å². The van der Waals surface area contributed by atoms with E-state index in [2.05, 4.69) is 15.9 Å². The highest BCUT2D eigenvalue weighted by Gasteiger charge is 2.07. The first-order valence-corrected chi connectivity index (χ1v) is 6.74. The van der Waals surface area contributed by atoms with E-state index in [0.717, 1.165) is 15.6 Å². The molecule has 2 rings (SSSR count). The zero-order valence-corrected chi connectivity index (χ0v) is 12.1. The molecule has 0 fully saturated rings. The minimum atomic E-state index is -0.527. The average molecular weight is 323 g/mol. The van der Waals surface area contributed by atoms with Crippen molar-refractivity contribution in [3.05, 3.63) is 58.1 Å². The number of halogens is 1. The van der Waals surface area contributed by atoms with Crippen LogP contribution in [0.15, 0.2) is 46.9 Å². The third-order valence-electron chi connectivity index (χ3n) is 2.74. The van der Waals surface area contributed by atoms with E-state index < -0.39 is 6.10 Å². The van der Waals surface area contributed by atoms with Crippen molar-refractivity contribution in [2.45, 2.75) is 19.6 Å². The Morgan fingerprint density at radius 2 is 1.89 bits per heavy atom. The molecule has 0 radical (unpaired) electrons. The average Bonchev–Trinajstić information content (AvgIpc) is 2.38. The van der Waals surface area contributed by atoms with E-state index in [1.54, 1.807) is 19.1 Å². The van der Waals surface area contributed by atoms with Crippen molar-refractivity contribution in [2.24, 2.45) is 0 Å². The van der Waals surface area contributed by atoms with Gasteiger partial charge in [-0.3, -0.25) is 0 Å². The highest BCUT2D eigenvalue weighted by molar-refractivity contribution is 9.10. The summed E-state index contributed by atoms with van der Waals surface area (Å²) < 4.78 is 6.52. The summed E-state index contributed by atoms with van der Waals surface area (Å²) in [5, 5.41) is 18.6. The molecule has 2 N–H and O–H groups in total. The summed E-state index contributed by atoms with van der Waals surface area (Å²) in [6.07, 6.45) is -0.527. The summed E-state index contributed by atoms with van der Waals surface area (Å²) in [7, 11) is 0. The lowest BCUT2D eigenvalue weighted by Gasteiger charge is -2.11. The number of aliphatic hydroxyl groups excluding tert-OH is 2. The molecule has 0 aliphatic carbocycles. The maximum Gasteiger partial charge on any atom is 0.128 e. The largest absolute Gasteiger partial charge is 0.457 e. The molecule has 4 heteroatoms. The van der Waals surface area contributed by atoms with Gasteiger partial charge in [-0.25, -0.2) is 0 Å². The van der Waals surface area contributed by atoms with E-state index >= 15 is 0 Å². The molecule has 1 unspecified atom stereocenters. The lowest BCUT2D eigenvalue weighted by molar-refractivity contribution is 0.198. The Hall–Kier alpha value is -1.36. The van der Waals surface area contributed by atoms with E-state index in [-0.39, 0.29) is 6.61 Å². The molecule has 0 aliphatic rings. The van der Waals surface area contributed by atoms with Crippen LogP contribution in [0, 0.1) is 0 Å². The van der Waals surface area contributed by atoms with Crippen LogP contribution in [0.5, 0.6) is 11.5 Å². The maximum absolute atomic E-state index is 9.55. The molecule has 1 atom stereocenters. The standard InChI is InChI=1S/C15H15BrO3/c1-10(18)14-6-5-13(8-15(14)16)19-12-4-2-3-11(7-12)9-17/h2-8,10,17-18H,9H2,1H3. The van der Waals surface area contributed by atoms with Gasteiger partial charge in [0.2, 0.25) is 0 Å². The normalized spacial score (nSPS) is 12.2. The maximum atomic E-state index is 9.55. The van der Waals surface area contributed by atoms with Crippen molar-refractivity contribution < 1.29 is 14.9 Å². The zero-order chi connectivity index (χ0) is 13.8. The van der Waals surface area contributed by atoms with Crippen LogP contribution in [-0.4, -0.2) is 10.2 Å². The van der Waals surface area contributed by atoms with Gasteiger partial charge in [0.1, 0.15) is 11.5 Å². The topological polar surface area (TPSA) is 49.7 Å². The molecule has 2 aromatic rings. The first kappa shape index (κ1) is 14.1. The van der Waals surface area contributed by atoms with E-state index in [9.17, 15) is 5.11 Å². The predicted octanol–water partition coefficient (Wildman–Crippen LogP) is 3.79. The van der Waals surface area contributed by atoms with E-state index in [1.165, 1.54) is 0 Å². The fourth-order valence-corrected chi connectivity index (χ4v) is 2.44. The molecule has 0 saturated heterocycles. The third-order valence-corrected chi connectivity index (χ3v) is 3.43. The monoisotopic (exact) mass is 322 g/mol. The van der Waals surface area contributed by atoms with E-state index in [1.807, 2.05) is 30.3 Å². The van der Waals surface area contributed by atoms with Crippen LogP contribution < -0.4 is 4.74 Å². The van der Waals surface area contributed by atoms with Gasteiger partial charge in [-0.2, -0.15) is 0 Å². The molecule has 0 amide bonds. The van der Waals surface area contributed by atoms with Gasteiger partial charge in [-0.15, -0.1) is 0 Å².